The highest BCUT2D eigenvalue weighted by Crippen LogP contribution is 2.24. The summed E-state index contributed by atoms with van der Waals surface area (Å²) in [5, 5.41) is -0.437. The Balaban J connectivity index is 1.59. The number of benzene rings is 1. The van der Waals surface area contributed by atoms with E-state index in [9.17, 15) is 17.6 Å². The molecule has 2 heterocycles. The van der Waals surface area contributed by atoms with Crippen molar-refractivity contribution in [2.45, 2.75) is 17.4 Å². The monoisotopic (exact) mass is 371 g/mol. The van der Waals surface area contributed by atoms with E-state index in [2.05, 4.69) is 0 Å². The third-order valence-electron chi connectivity index (χ3n) is 4.02. The molecule has 1 aromatic heterocycles. The molecule has 0 saturated carbocycles. The molecule has 1 aliphatic heterocycles. The van der Waals surface area contributed by atoms with Gasteiger partial charge in [0, 0.05) is 23.7 Å². The minimum Gasteiger partial charge on any atom is -0.468 e. The van der Waals surface area contributed by atoms with Gasteiger partial charge < -0.3 is 9.32 Å². The number of hydrogen-bond donors (Lipinski definition) is 0. The van der Waals surface area contributed by atoms with Gasteiger partial charge in [-0.3, -0.25) is 4.79 Å². The minimum atomic E-state index is -3.39. The maximum atomic E-state index is 13.7. The van der Waals surface area contributed by atoms with Crippen molar-refractivity contribution in [1.29, 1.82) is 0 Å². The molecule has 5 nitrogen and oxygen atoms in total. The predicted octanol–water partition coefficient (Wildman–Crippen LogP) is 2.44. The highest BCUT2D eigenvalue weighted by Gasteiger charge is 2.40. The van der Waals surface area contributed by atoms with E-state index in [1.54, 1.807) is 12.1 Å². The van der Waals surface area contributed by atoms with Crippen LogP contribution in [0.25, 0.3) is 0 Å². The fourth-order valence-corrected chi connectivity index (χ4v) is 4.38. The van der Waals surface area contributed by atoms with Crippen LogP contribution in [-0.4, -0.2) is 37.6 Å². The van der Waals surface area contributed by atoms with Crippen LogP contribution in [0, 0.1) is 5.82 Å². The lowest BCUT2D eigenvalue weighted by Gasteiger charge is -2.38. The number of likely N-dealkylation sites (tertiary alicyclic amines) is 1. The van der Waals surface area contributed by atoms with Gasteiger partial charge in [0.25, 0.3) is 0 Å². The molecule has 0 atom stereocenters. The van der Waals surface area contributed by atoms with Gasteiger partial charge in [-0.05, 0) is 24.3 Å². The number of rotatable bonds is 5. The largest absolute Gasteiger partial charge is 0.468 e. The van der Waals surface area contributed by atoms with Crippen LogP contribution < -0.4 is 0 Å². The number of halogens is 2. The molecule has 0 unspecified atom stereocenters. The van der Waals surface area contributed by atoms with E-state index in [1.807, 2.05) is 0 Å². The van der Waals surface area contributed by atoms with Crippen molar-refractivity contribution in [1.82, 2.24) is 4.90 Å². The van der Waals surface area contributed by atoms with Crippen LogP contribution in [-0.2, 0) is 26.8 Å². The van der Waals surface area contributed by atoms with E-state index in [4.69, 9.17) is 16.0 Å². The second-order valence-corrected chi connectivity index (χ2v) is 8.37. The zero-order valence-corrected chi connectivity index (χ0v) is 14.2. The highest BCUT2D eigenvalue weighted by atomic mass is 35.5. The third kappa shape index (κ3) is 3.47. The van der Waals surface area contributed by atoms with Gasteiger partial charge >= 0.3 is 0 Å². The Morgan fingerprint density at radius 1 is 1.29 bits per heavy atom. The van der Waals surface area contributed by atoms with Crippen molar-refractivity contribution < 1.29 is 22.0 Å². The molecule has 1 fully saturated rings. The fourth-order valence-electron chi connectivity index (χ4n) is 2.54. The average Bonchev–Trinajstić information content (AvgIpc) is 2.93. The van der Waals surface area contributed by atoms with E-state index in [-0.39, 0.29) is 41.8 Å². The summed E-state index contributed by atoms with van der Waals surface area (Å²) in [4.78, 5) is 13.6. The zero-order valence-electron chi connectivity index (χ0n) is 12.6. The van der Waals surface area contributed by atoms with Crippen LogP contribution in [0.5, 0.6) is 0 Å². The third-order valence-corrected chi connectivity index (χ3v) is 6.38. The van der Waals surface area contributed by atoms with Crippen molar-refractivity contribution in [3.05, 3.63) is 58.8 Å². The molecule has 8 heteroatoms. The Hall–Kier alpha value is -1.86. The average molecular weight is 372 g/mol. The maximum Gasteiger partial charge on any atom is 0.227 e. The molecule has 0 radical (unpaired) electrons. The smallest absolute Gasteiger partial charge is 0.227 e. The van der Waals surface area contributed by atoms with Gasteiger partial charge in [0.15, 0.2) is 9.84 Å². The summed E-state index contributed by atoms with van der Waals surface area (Å²) < 4.78 is 43.2. The Bertz CT molecular complexity index is 825. The van der Waals surface area contributed by atoms with E-state index in [1.165, 1.54) is 29.4 Å². The molecular formula is C16H15ClFNO4S. The molecular weight excluding hydrogens is 357 g/mol. The van der Waals surface area contributed by atoms with Crippen molar-refractivity contribution >= 4 is 27.3 Å². The van der Waals surface area contributed by atoms with Crippen LogP contribution in [0.3, 0.4) is 0 Å². The van der Waals surface area contributed by atoms with E-state index >= 15 is 0 Å². The summed E-state index contributed by atoms with van der Waals surface area (Å²) >= 11 is 5.90. The van der Waals surface area contributed by atoms with Crippen LogP contribution in [0.2, 0.25) is 5.02 Å². The highest BCUT2D eigenvalue weighted by molar-refractivity contribution is 7.91. The summed E-state index contributed by atoms with van der Waals surface area (Å²) in [6.45, 7) is 0.210. The topological polar surface area (TPSA) is 67.6 Å². The number of furan rings is 1. The van der Waals surface area contributed by atoms with E-state index in [0.29, 0.717) is 5.76 Å². The van der Waals surface area contributed by atoms with Crippen molar-refractivity contribution in [3.8, 4) is 0 Å². The zero-order chi connectivity index (χ0) is 17.3. The second-order valence-electron chi connectivity index (χ2n) is 5.68. The minimum absolute atomic E-state index is 0.105. The summed E-state index contributed by atoms with van der Waals surface area (Å²) in [7, 11) is -3.39. The first-order valence-electron chi connectivity index (χ1n) is 7.31. The van der Waals surface area contributed by atoms with Gasteiger partial charge in [-0.1, -0.05) is 17.7 Å². The maximum absolute atomic E-state index is 13.7. The van der Waals surface area contributed by atoms with Gasteiger partial charge in [-0.25, -0.2) is 12.8 Å². The quantitative estimate of drug-likeness (QED) is 0.809. The summed E-state index contributed by atoms with van der Waals surface area (Å²) in [5.41, 5.74) is 0.131. The molecule has 24 heavy (non-hydrogen) atoms. The van der Waals surface area contributed by atoms with Gasteiger partial charge in [-0.2, -0.15) is 0 Å². The number of carbonyl (C=O) groups is 1. The Morgan fingerprint density at radius 2 is 2.04 bits per heavy atom. The Labute approximate surface area is 143 Å². The molecule has 0 aliphatic carbocycles. The first-order valence-corrected chi connectivity index (χ1v) is 9.41. The molecule has 0 N–H and O–H groups in total. The second kappa shape index (κ2) is 6.57. The van der Waals surface area contributed by atoms with Crippen LogP contribution in [0.4, 0.5) is 4.39 Å². The number of amides is 1. The number of carbonyl (C=O) groups excluding carboxylic acids is 1. The molecule has 128 valence electrons. The van der Waals surface area contributed by atoms with E-state index < -0.39 is 20.9 Å². The van der Waals surface area contributed by atoms with Gasteiger partial charge in [0.1, 0.15) is 17.3 Å². The molecule has 0 bridgehead atoms. The molecule has 0 spiro atoms. The molecule has 1 aliphatic rings. The van der Waals surface area contributed by atoms with Crippen molar-refractivity contribution in [2.24, 2.45) is 0 Å². The lowest BCUT2D eigenvalue weighted by atomic mass is 10.1. The molecule has 2 aromatic rings. The summed E-state index contributed by atoms with van der Waals surface area (Å²) in [6, 6.07) is 7.44. The molecule has 1 amide bonds. The lowest BCUT2D eigenvalue weighted by Crippen LogP contribution is -2.57. The first kappa shape index (κ1) is 17.0. The standard InChI is InChI=1S/C16H15ClFNO4S/c17-14-4-1-5-15(18)13(14)7-16(20)19-8-12(9-19)24(21,22)10-11-3-2-6-23-11/h1-6,12H,7-10H2. The normalized spacial score (nSPS) is 15.3. The summed E-state index contributed by atoms with van der Waals surface area (Å²) in [6.07, 6.45) is 1.23. The van der Waals surface area contributed by atoms with Crippen LogP contribution in [0.15, 0.2) is 41.0 Å². The number of sulfone groups is 1. The molecule has 3 rings (SSSR count). The van der Waals surface area contributed by atoms with E-state index in [0.717, 1.165) is 0 Å². The SMILES string of the molecule is O=C(Cc1c(F)cccc1Cl)N1CC(S(=O)(=O)Cc2ccco2)C1. The Morgan fingerprint density at radius 3 is 2.67 bits per heavy atom. The number of hydrogen-bond acceptors (Lipinski definition) is 4. The molecule has 1 aromatic carbocycles. The van der Waals surface area contributed by atoms with Crippen LogP contribution >= 0.6 is 11.6 Å². The first-order chi connectivity index (χ1) is 11.4. The fraction of sp³-hybridized carbons (Fsp3) is 0.312. The van der Waals surface area contributed by atoms with Gasteiger partial charge in [0.05, 0.1) is 17.9 Å². The van der Waals surface area contributed by atoms with Crippen molar-refractivity contribution in [2.75, 3.05) is 13.1 Å². The van der Waals surface area contributed by atoms with Gasteiger partial charge in [0.2, 0.25) is 5.91 Å². The van der Waals surface area contributed by atoms with Gasteiger partial charge in [-0.15, -0.1) is 0 Å². The number of nitrogens with zero attached hydrogens (tertiary/aromatic N) is 1. The predicted molar refractivity (Wildman–Crippen MR) is 86.8 cm³/mol. The summed E-state index contributed by atoms with van der Waals surface area (Å²) in [5.74, 6) is -0.700. The lowest BCUT2D eigenvalue weighted by molar-refractivity contribution is -0.133. The molecule has 1 saturated heterocycles. The van der Waals surface area contributed by atoms with Crippen LogP contribution in [0.1, 0.15) is 11.3 Å². The van der Waals surface area contributed by atoms with Crippen molar-refractivity contribution in [3.63, 3.8) is 0 Å². The Kier molecular flexibility index (Phi) is 4.64.